The number of nitrogens with zero attached hydrogens (tertiary/aromatic N) is 4. The van der Waals surface area contributed by atoms with Gasteiger partial charge in [0.1, 0.15) is 0 Å². The average Bonchev–Trinajstić information content (AvgIpc) is 2.53. The molecule has 0 saturated carbocycles. The Labute approximate surface area is 141 Å². The van der Waals surface area contributed by atoms with Gasteiger partial charge in [-0.05, 0) is 30.3 Å². The number of carbonyl (C=O) groups excluding carboxylic acids is 1. The van der Waals surface area contributed by atoms with E-state index in [2.05, 4.69) is 9.97 Å². The number of hydrogen-bond acceptors (Lipinski definition) is 6. The highest BCUT2D eigenvalue weighted by atomic mass is 32.2. The van der Waals surface area contributed by atoms with E-state index in [4.69, 9.17) is 0 Å². The molecule has 0 unspecified atom stereocenters. The van der Waals surface area contributed by atoms with Crippen molar-refractivity contribution in [3.63, 3.8) is 0 Å². The van der Waals surface area contributed by atoms with Crippen LogP contribution in [0.25, 0.3) is 0 Å². The van der Waals surface area contributed by atoms with Crippen LogP contribution in [0.5, 0.6) is 0 Å². The highest BCUT2D eigenvalue weighted by Crippen LogP contribution is 2.13. The molecule has 0 aliphatic carbocycles. The summed E-state index contributed by atoms with van der Waals surface area (Å²) in [6.45, 7) is 0.329. The van der Waals surface area contributed by atoms with Gasteiger partial charge in [-0.1, -0.05) is 0 Å². The Balaban J connectivity index is 2.13. The van der Waals surface area contributed by atoms with Gasteiger partial charge in [0.05, 0.1) is 17.1 Å². The summed E-state index contributed by atoms with van der Waals surface area (Å²) < 4.78 is 22.9. The maximum atomic E-state index is 12.5. The SMILES string of the molecule is CN(Cc1ccnc(N(C)C)n1)C(=O)c1ccc(S(C)(=O)=O)cc1. The fourth-order valence-electron chi connectivity index (χ4n) is 2.07. The topological polar surface area (TPSA) is 83.5 Å². The summed E-state index contributed by atoms with van der Waals surface area (Å²) in [5, 5.41) is 0. The number of sulfone groups is 1. The van der Waals surface area contributed by atoms with Crippen molar-refractivity contribution in [2.24, 2.45) is 0 Å². The molecule has 1 aromatic heterocycles. The smallest absolute Gasteiger partial charge is 0.253 e. The Hall–Kier alpha value is -2.48. The fourth-order valence-corrected chi connectivity index (χ4v) is 2.70. The third-order valence-electron chi connectivity index (χ3n) is 3.38. The van der Waals surface area contributed by atoms with Crippen molar-refractivity contribution >= 4 is 21.7 Å². The molecule has 8 heteroatoms. The Morgan fingerprint density at radius 1 is 1.08 bits per heavy atom. The number of benzene rings is 1. The highest BCUT2D eigenvalue weighted by Gasteiger charge is 2.15. The first kappa shape index (κ1) is 17.9. The van der Waals surface area contributed by atoms with Gasteiger partial charge >= 0.3 is 0 Å². The number of rotatable bonds is 5. The summed E-state index contributed by atoms with van der Waals surface area (Å²) in [5.74, 6) is 0.367. The van der Waals surface area contributed by atoms with E-state index < -0.39 is 9.84 Å². The van der Waals surface area contributed by atoms with Gasteiger partial charge in [-0.15, -0.1) is 0 Å². The van der Waals surface area contributed by atoms with E-state index in [0.717, 1.165) is 11.9 Å². The molecule has 0 N–H and O–H groups in total. The molecule has 0 fully saturated rings. The van der Waals surface area contributed by atoms with Crippen molar-refractivity contribution in [2.75, 3.05) is 32.3 Å². The number of amides is 1. The Morgan fingerprint density at radius 2 is 1.71 bits per heavy atom. The lowest BCUT2D eigenvalue weighted by Crippen LogP contribution is -2.27. The zero-order valence-electron chi connectivity index (χ0n) is 14.1. The molecule has 24 heavy (non-hydrogen) atoms. The molecule has 0 atom stereocenters. The molecule has 0 spiro atoms. The van der Waals surface area contributed by atoms with E-state index >= 15 is 0 Å². The van der Waals surface area contributed by atoms with Crippen molar-refractivity contribution in [3.05, 3.63) is 47.8 Å². The van der Waals surface area contributed by atoms with E-state index in [1.54, 1.807) is 24.2 Å². The van der Waals surface area contributed by atoms with Crippen LogP contribution in [0.1, 0.15) is 16.1 Å². The standard InChI is InChI=1S/C16H20N4O3S/c1-19(2)16-17-10-9-13(18-16)11-20(3)15(21)12-5-7-14(8-6-12)24(4,22)23/h5-10H,11H2,1-4H3. The lowest BCUT2D eigenvalue weighted by atomic mass is 10.2. The molecule has 0 aliphatic heterocycles. The van der Waals surface area contributed by atoms with Gasteiger partial charge in [0.25, 0.3) is 5.91 Å². The van der Waals surface area contributed by atoms with Crippen LogP contribution < -0.4 is 4.90 Å². The minimum absolute atomic E-state index is 0.188. The predicted molar refractivity (Wildman–Crippen MR) is 91.7 cm³/mol. The average molecular weight is 348 g/mol. The molecule has 2 rings (SSSR count). The van der Waals surface area contributed by atoms with Gasteiger partial charge in [0, 0.05) is 39.2 Å². The first-order chi connectivity index (χ1) is 11.2. The Bertz CT molecular complexity index is 833. The van der Waals surface area contributed by atoms with Crippen LogP contribution in [-0.2, 0) is 16.4 Å². The number of carbonyl (C=O) groups is 1. The van der Waals surface area contributed by atoms with Crippen LogP contribution in [0.4, 0.5) is 5.95 Å². The number of hydrogen-bond donors (Lipinski definition) is 0. The Kier molecular flexibility index (Phi) is 5.18. The minimum Gasteiger partial charge on any atom is -0.347 e. The van der Waals surface area contributed by atoms with E-state index in [-0.39, 0.29) is 10.8 Å². The zero-order valence-corrected chi connectivity index (χ0v) is 14.9. The zero-order chi connectivity index (χ0) is 17.9. The van der Waals surface area contributed by atoms with Gasteiger partial charge < -0.3 is 9.80 Å². The summed E-state index contributed by atoms with van der Waals surface area (Å²) in [5.41, 5.74) is 1.14. The first-order valence-corrected chi connectivity index (χ1v) is 9.12. The molecule has 0 bridgehead atoms. The van der Waals surface area contributed by atoms with Crippen LogP contribution in [0.15, 0.2) is 41.4 Å². The molecular formula is C16H20N4O3S. The van der Waals surface area contributed by atoms with Crippen LogP contribution >= 0.6 is 0 Å². The summed E-state index contributed by atoms with van der Waals surface area (Å²) in [7, 11) is 2.09. The van der Waals surface area contributed by atoms with Crippen molar-refractivity contribution in [3.8, 4) is 0 Å². The molecule has 1 aromatic carbocycles. The number of anilines is 1. The maximum Gasteiger partial charge on any atom is 0.253 e. The molecule has 1 amide bonds. The second-order valence-corrected chi connectivity index (χ2v) is 7.72. The third-order valence-corrected chi connectivity index (χ3v) is 4.50. The summed E-state index contributed by atoms with van der Waals surface area (Å²) in [6.07, 6.45) is 2.78. The van der Waals surface area contributed by atoms with Crippen LogP contribution in [0, 0.1) is 0 Å². The van der Waals surface area contributed by atoms with Gasteiger partial charge in [0.15, 0.2) is 9.84 Å². The van der Waals surface area contributed by atoms with E-state index in [1.807, 2.05) is 14.1 Å². The first-order valence-electron chi connectivity index (χ1n) is 7.23. The van der Waals surface area contributed by atoms with Gasteiger partial charge in [-0.2, -0.15) is 0 Å². The fraction of sp³-hybridized carbons (Fsp3) is 0.312. The number of aromatic nitrogens is 2. The highest BCUT2D eigenvalue weighted by molar-refractivity contribution is 7.90. The molecule has 7 nitrogen and oxygen atoms in total. The monoisotopic (exact) mass is 348 g/mol. The van der Waals surface area contributed by atoms with Crippen molar-refractivity contribution in [2.45, 2.75) is 11.4 Å². The summed E-state index contributed by atoms with van der Waals surface area (Å²) >= 11 is 0. The van der Waals surface area contributed by atoms with Gasteiger partial charge in [-0.3, -0.25) is 4.79 Å². The molecule has 128 valence electrons. The van der Waals surface area contributed by atoms with Crippen LogP contribution in [-0.4, -0.2) is 56.6 Å². The molecule has 0 saturated heterocycles. The van der Waals surface area contributed by atoms with Gasteiger partial charge in [-0.25, -0.2) is 18.4 Å². The van der Waals surface area contributed by atoms with E-state index in [1.165, 1.54) is 29.2 Å². The summed E-state index contributed by atoms with van der Waals surface area (Å²) in [4.78, 5) is 24.5. The molecule has 0 aliphatic rings. The van der Waals surface area contributed by atoms with Gasteiger partial charge in [0.2, 0.25) is 5.95 Å². The van der Waals surface area contributed by atoms with Crippen LogP contribution in [0.2, 0.25) is 0 Å². The quantitative estimate of drug-likeness (QED) is 0.808. The van der Waals surface area contributed by atoms with Crippen LogP contribution in [0.3, 0.4) is 0 Å². The largest absolute Gasteiger partial charge is 0.347 e. The molecule has 1 heterocycles. The van der Waals surface area contributed by atoms with Crippen molar-refractivity contribution in [1.82, 2.24) is 14.9 Å². The third kappa shape index (κ3) is 4.29. The maximum absolute atomic E-state index is 12.5. The van der Waals surface area contributed by atoms with Crippen molar-refractivity contribution < 1.29 is 13.2 Å². The molecule has 2 aromatic rings. The summed E-state index contributed by atoms with van der Waals surface area (Å²) in [6, 6.07) is 7.65. The minimum atomic E-state index is -3.27. The van der Waals surface area contributed by atoms with Crippen molar-refractivity contribution in [1.29, 1.82) is 0 Å². The second-order valence-electron chi connectivity index (χ2n) is 5.70. The lowest BCUT2D eigenvalue weighted by molar-refractivity contribution is 0.0783. The molecular weight excluding hydrogens is 328 g/mol. The predicted octanol–water partition coefficient (Wildman–Crippen LogP) is 1.22. The second kappa shape index (κ2) is 6.96. The Morgan fingerprint density at radius 3 is 2.25 bits per heavy atom. The normalized spacial score (nSPS) is 11.2. The van der Waals surface area contributed by atoms with E-state index in [9.17, 15) is 13.2 Å². The lowest BCUT2D eigenvalue weighted by Gasteiger charge is -2.18. The van der Waals surface area contributed by atoms with E-state index in [0.29, 0.717) is 18.1 Å². The molecule has 0 radical (unpaired) electrons.